The molecular weight excluding hydrogens is 668 g/mol. The predicted octanol–water partition coefficient (Wildman–Crippen LogP) is 6.84. The minimum absolute atomic E-state index is 0.00322. The quantitative estimate of drug-likeness (QED) is 0.143. The third-order valence-corrected chi connectivity index (χ3v) is 10.6. The van der Waals surface area contributed by atoms with Gasteiger partial charge in [-0.15, -0.1) is 11.8 Å². The number of amides is 1. The lowest BCUT2D eigenvalue weighted by atomic mass is 9.69. The van der Waals surface area contributed by atoms with E-state index >= 15 is 0 Å². The summed E-state index contributed by atoms with van der Waals surface area (Å²) in [6.45, 7) is 2.00. The van der Waals surface area contributed by atoms with Crippen LogP contribution in [0.2, 0.25) is 5.02 Å². The van der Waals surface area contributed by atoms with Crippen LogP contribution in [0.4, 0.5) is 0 Å². The molecular formula is C37H37ClN2O8S. The summed E-state index contributed by atoms with van der Waals surface area (Å²) < 4.78 is 22.6. The van der Waals surface area contributed by atoms with Gasteiger partial charge in [0.15, 0.2) is 17.3 Å². The van der Waals surface area contributed by atoms with Gasteiger partial charge in [-0.3, -0.25) is 14.4 Å². The molecule has 6 rings (SSSR count). The number of ether oxygens (including phenoxy) is 4. The number of Topliss-reactive ketones (excluding diaryl/α,β-unsaturated/α-hetero) is 2. The number of halogens is 1. The molecule has 1 unspecified atom stereocenters. The van der Waals surface area contributed by atoms with E-state index in [0.717, 1.165) is 27.1 Å². The summed E-state index contributed by atoms with van der Waals surface area (Å²) in [5.41, 5.74) is 0.654. The van der Waals surface area contributed by atoms with E-state index in [-0.39, 0.29) is 57.9 Å². The second-order valence-corrected chi connectivity index (χ2v) is 13.4. The topological polar surface area (TPSA) is 136 Å². The van der Waals surface area contributed by atoms with Gasteiger partial charge in [0, 0.05) is 64.9 Å². The molecule has 3 aromatic carbocycles. The molecule has 256 valence electrons. The van der Waals surface area contributed by atoms with Crippen molar-refractivity contribution >= 4 is 51.7 Å². The van der Waals surface area contributed by atoms with E-state index in [1.807, 2.05) is 54.9 Å². The van der Waals surface area contributed by atoms with Gasteiger partial charge in [-0.05, 0) is 54.1 Å². The number of aliphatic hydroxyl groups excluding tert-OH is 1. The van der Waals surface area contributed by atoms with E-state index in [9.17, 15) is 19.5 Å². The molecule has 10 nitrogen and oxygen atoms in total. The Morgan fingerprint density at radius 3 is 2.51 bits per heavy atom. The van der Waals surface area contributed by atoms with E-state index in [1.165, 1.54) is 20.3 Å². The highest BCUT2D eigenvalue weighted by Crippen LogP contribution is 2.55. The minimum atomic E-state index is -1.96. The zero-order chi connectivity index (χ0) is 35.0. The molecule has 0 fully saturated rings. The highest BCUT2D eigenvalue weighted by Gasteiger charge is 2.61. The average molecular weight is 705 g/mol. The van der Waals surface area contributed by atoms with Crippen LogP contribution in [0.5, 0.6) is 23.0 Å². The molecule has 3 atom stereocenters. The van der Waals surface area contributed by atoms with Crippen LogP contribution in [-0.4, -0.2) is 67.3 Å². The number of aromatic amines is 1. The standard InChI is InChI=1S/C37H37ClN2O8S/c1-19-14-27(41)31(35(43)37(19)36(44)32-28(46-3)17-29(47-4)33(38)34(32)48-37)25(20-6-9-23(49-5)10-7-20)16-30(42)39-13-12-21-18-40-26-11-8-22(45-2)15-24(21)26/h6-11,15,17-19,25,40,43H,12-14,16H2,1-5H3,(H,39,42)/t19-,25?,37+/m1/s1. The number of nitrogens with one attached hydrogen (secondary N) is 2. The van der Waals surface area contributed by atoms with Crippen LogP contribution in [0.15, 0.2) is 71.0 Å². The number of H-pyrrole nitrogens is 1. The second-order valence-electron chi connectivity index (χ2n) is 12.1. The van der Waals surface area contributed by atoms with Crippen LogP contribution in [0.25, 0.3) is 10.9 Å². The number of carbonyl (C=O) groups is 3. The van der Waals surface area contributed by atoms with Crippen LogP contribution in [0, 0.1) is 5.92 Å². The number of thioether (sulfide) groups is 1. The first-order chi connectivity index (χ1) is 23.6. The summed E-state index contributed by atoms with van der Waals surface area (Å²) in [7, 11) is 4.44. The lowest BCUT2D eigenvalue weighted by Gasteiger charge is -2.38. The molecule has 49 heavy (non-hydrogen) atoms. The number of methoxy groups -OCH3 is 3. The minimum Gasteiger partial charge on any atom is -0.507 e. The largest absolute Gasteiger partial charge is 0.507 e. The highest BCUT2D eigenvalue weighted by atomic mass is 35.5. The maximum Gasteiger partial charge on any atom is 0.231 e. The maximum absolute atomic E-state index is 14.3. The Morgan fingerprint density at radius 2 is 1.84 bits per heavy atom. The molecule has 0 saturated carbocycles. The highest BCUT2D eigenvalue weighted by molar-refractivity contribution is 7.98. The number of aromatic nitrogens is 1. The number of allylic oxidation sites excluding steroid dienone is 1. The molecule has 2 heterocycles. The SMILES string of the molecule is COc1ccc2[nH]cc(CCNC(=O)CC(C3=C(O)[C@@]4(Oc5c(Cl)c(OC)cc(OC)c5C4=O)[C@H](C)CC3=O)c3ccc(SC)cc3)c2c1. The van der Waals surface area contributed by atoms with E-state index in [1.54, 1.807) is 25.8 Å². The molecule has 3 N–H and O–H groups in total. The van der Waals surface area contributed by atoms with E-state index < -0.39 is 29.0 Å². The average Bonchev–Trinajstić information content (AvgIpc) is 3.66. The van der Waals surface area contributed by atoms with Crippen LogP contribution in [-0.2, 0) is 16.0 Å². The van der Waals surface area contributed by atoms with Crippen molar-refractivity contribution in [1.29, 1.82) is 0 Å². The van der Waals surface area contributed by atoms with Crippen molar-refractivity contribution in [2.24, 2.45) is 5.92 Å². The van der Waals surface area contributed by atoms with Gasteiger partial charge >= 0.3 is 0 Å². The fourth-order valence-corrected chi connectivity index (χ4v) is 7.52. The van der Waals surface area contributed by atoms with Crippen molar-refractivity contribution in [3.8, 4) is 23.0 Å². The van der Waals surface area contributed by atoms with Gasteiger partial charge in [-0.2, -0.15) is 0 Å². The van der Waals surface area contributed by atoms with Crippen molar-refractivity contribution in [3.05, 3.63) is 87.8 Å². The molecule has 1 aliphatic carbocycles. The predicted molar refractivity (Wildman–Crippen MR) is 188 cm³/mol. The monoisotopic (exact) mass is 704 g/mol. The van der Waals surface area contributed by atoms with Gasteiger partial charge in [0.2, 0.25) is 17.3 Å². The first-order valence-corrected chi connectivity index (χ1v) is 17.4. The summed E-state index contributed by atoms with van der Waals surface area (Å²) in [5.74, 6) is -2.35. The van der Waals surface area contributed by atoms with Gasteiger partial charge in [0.1, 0.15) is 27.8 Å². The van der Waals surface area contributed by atoms with Crippen molar-refractivity contribution < 1.29 is 38.4 Å². The molecule has 12 heteroatoms. The first-order valence-electron chi connectivity index (χ1n) is 15.8. The summed E-state index contributed by atoms with van der Waals surface area (Å²) in [6.07, 6.45) is 4.13. The van der Waals surface area contributed by atoms with Crippen LogP contribution < -0.4 is 24.3 Å². The summed E-state index contributed by atoms with van der Waals surface area (Å²) in [4.78, 5) is 46.1. The lowest BCUT2D eigenvalue weighted by Crippen LogP contribution is -2.53. The van der Waals surface area contributed by atoms with Crippen molar-refractivity contribution in [1.82, 2.24) is 10.3 Å². The Hall–Kier alpha value is -4.61. The van der Waals surface area contributed by atoms with Gasteiger partial charge < -0.3 is 34.4 Å². The summed E-state index contributed by atoms with van der Waals surface area (Å²) in [5, 5.41) is 16.1. The zero-order valence-corrected chi connectivity index (χ0v) is 29.3. The van der Waals surface area contributed by atoms with Crippen LogP contribution >= 0.6 is 23.4 Å². The Bertz CT molecular complexity index is 1990. The Balaban J connectivity index is 1.35. The van der Waals surface area contributed by atoms with E-state index in [2.05, 4.69) is 10.3 Å². The number of carbonyl (C=O) groups excluding carboxylic acids is 3. The van der Waals surface area contributed by atoms with Gasteiger partial charge in [-0.1, -0.05) is 30.7 Å². The number of rotatable bonds is 11. The van der Waals surface area contributed by atoms with E-state index in [0.29, 0.717) is 18.5 Å². The van der Waals surface area contributed by atoms with Crippen LogP contribution in [0.3, 0.4) is 0 Å². The van der Waals surface area contributed by atoms with Crippen LogP contribution in [0.1, 0.15) is 47.2 Å². The Labute approximate surface area is 293 Å². The number of benzene rings is 3. The number of fused-ring (bicyclic) bond motifs is 2. The Kier molecular flexibility index (Phi) is 9.59. The van der Waals surface area contributed by atoms with Gasteiger partial charge in [0.25, 0.3) is 0 Å². The number of ketones is 2. The molecule has 2 aliphatic rings. The molecule has 1 aromatic heterocycles. The smallest absolute Gasteiger partial charge is 0.231 e. The number of aliphatic hydroxyl groups is 1. The number of hydrogen-bond donors (Lipinski definition) is 3. The van der Waals surface area contributed by atoms with Gasteiger partial charge in [0.05, 0.1) is 21.3 Å². The van der Waals surface area contributed by atoms with Crippen molar-refractivity contribution in [3.63, 3.8) is 0 Å². The van der Waals surface area contributed by atoms with Crippen molar-refractivity contribution in [2.75, 3.05) is 34.1 Å². The molecule has 1 aliphatic heterocycles. The zero-order valence-electron chi connectivity index (χ0n) is 27.8. The fourth-order valence-electron chi connectivity index (χ4n) is 6.85. The Morgan fingerprint density at radius 1 is 1.10 bits per heavy atom. The first kappa shape index (κ1) is 34.3. The van der Waals surface area contributed by atoms with E-state index in [4.69, 9.17) is 30.5 Å². The summed E-state index contributed by atoms with van der Waals surface area (Å²) in [6, 6.07) is 14.7. The normalized spacial score (nSPS) is 19.2. The molecule has 0 radical (unpaired) electrons. The molecule has 0 saturated heterocycles. The molecule has 4 aromatic rings. The van der Waals surface area contributed by atoms with Gasteiger partial charge in [-0.25, -0.2) is 0 Å². The molecule has 1 amide bonds. The third kappa shape index (κ3) is 5.88. The van der Waals surface area contributed by atoms with Crippen molar-refractivity contribution in [2.45, 2.75) is 42.6 Å². The fraction of sp³-hybridized carbons (Fsp3) is 0.324. The summed E-state index contributed by atoms with van der Waals surface area (Å²) >= 11 is 8.17. The lowest BCUT2D eigenvalue weighted by molar-refractivity contribution is -0.121. The molecule has 0 bridgehead atoms. The third-order valence-electron chi connectivity index (χ3n) is 9.46. The number of hydrogen-bond acceptors (Lipinski definition) is 9. The molecule has 1 spiro atoms. The second kappa shape index (κ2) is 13.7. The maximum atomic E-state index is 14.3.